The van der Waals surface area contributed by atoms with Gasteiger partial charge in [0, 0.05) is 18.3 Å². The van der Waals surface area contributed by atoms with Crippen LogP contribution in [-0.4, -0.2) is 31.1 Å². The van der Waals surface area contributed by atoms with E-state index in [4.69, 9.17) is 11.5 Å². The first kappa shape index (κ1) is 12.0. The number of nitrogens with zero attached hydrogens (tertiary/aromatic N) is 1. The zero-order valence-electron chi connectivity index (χ0n) is 10.4. The van der Waals surface area contributed by atoms with E-state index in [0.29, 0.717) is 17.4 Å². The van der Waals surface area contributed by atoms with E-state index in [1.165, 1.54) is 25.8 Å². The van der Waals surface area contributed by atoms with Crippen LogP contribution in [0.4, 0.5) is 17.1 Å². The van der Waals surface area contributed by atoms with E-state index in [1.54, 1.807) is 0 Å². The van der Waals surface area contributed by atoms with Crippen LogP contribution >= 0.6 is 0 Å². The van der Waals surface area contributed by atoms with E-state index in [-0.39, 0.29) is 0 Å². The lowest BCUT2D eigenvalue weighted by Crippen LogP contribution is -2.40. The summed E-state index contributed by atoms with van der Waals surface area (Å²) in [6, 6.07) is 6.36. The van der Waals surface area contributed by atoms with Crippen molar-refractivity contribution in [2.45, 2.75) is 25.3 Å². The number of piperidine rings is 1. The van der Waals surface area contributed by atoms with Gasteiger partial charge in [-0.25, -0.2) is 0 Å². The molecule has 4 nitrogen and oxygen atoms in total. The Kier molecular flexibility index (Phi) is 3.74. The summed E-state index contributed by atoms with van der Waals surface area (Å²) in [6.45, 7) is 2.18. The standard InChI is InChI=1S/C13H22N4/c1-17-7-3-2-4-11(17)9-16-10-5-6-12(14)13(15)8-10/h5-6,8,11,16H,2-4,7,9,14-15H2,1H3. The van der Waals surface area contributed by atoms with Crippen molar-refractivity contribution < 1.29 is 0 Å². The molecule has 4 heteroatoms. The monoisotopic (exact) mass is 234 g/mol. The summed E-state index contributed by atoms with van der Waals surface area (Å²) in [5.41, 5.74) is 13.8. The predicted molar refractivity (Wildman–Crippen MR) is 74.0 cm³/mol. The molecule has 5 N–H and O–H groups in total. The van der Waals surface area contributed by atoms with E-state index in [0.717, 1.165) is 12.2 Å². The maximum absolute atomic E-state index is 5.78. The van der Waals surface area contributed by atoms with Crippen LogP contribution in [0.3, 0.4) is 0 Å². The number of likely N-dealkylation sites (tertiary alicyclic amines) is 1. The largest absolute Gasteiger partial charge is 0.397 e. The minimum atomic E-state index is 0.627. The fraction of sp³-hybridized carbons (Fsp3) is 0.538. The molecule has 2 rings (SSSR count). The first-order valence-corrected chi connectivity index (χ1v) is 6.26. The van der Waals surface area contributed by atoms with E-state index in [9.17, 15) is 0 Å². The molecule has 0 aliphatic carbocycles. The van der Waals surface area contributed by atoms with Gasteiger partial charge >= 0.3 is 0 Å². The second-order valence-corrected chi connectivity index (χ2v) is 4.85. The van der Waals surface area contributed by atoms with Gasteiger partial charge in [-0.1, -0.05) is 6.42 Å². The third-order valence-electron chi connectivity index (χ3n) is 3.55. The highest BCUT2D eigenvalue weighted by Crippen LogP contribution is 2.21. The van der Waals surface area contributed by atoms with E-state index >= 15 is 0 Å². The van der Waals surface area contributed by atoms with Gasteiger partial charge < -0.3 is 21.7 Å². The number of benzene rings is 1. The molecule has 94 valence electrons. The molecule has 0 bridgehead atoms. The Morgan fingerprint density at radius 2 is 2.12 bits per heavy atom. The Bertz CT molecular complexity index is 378. The first-order valence-electron chi connectivity index (χ1n) is 6.26. The predicted octanol–water partition coefficient (Wildman–Crippen LogP) is 1.75. The van der Waals surface area contributed by atoms with Crippen molar-refractivity contribution in [1.82, 2.24) is 4.90 Å². The van der Waals surface area contributed by atoms with Crippen LogP contribution in [-0.2, 0) is 0 Å². The van der Waals surface area contributed by atoms with Crippen molar-refractivity contribution in [2.24, 2.45) is 0 Å². The number of nitrogens with two attached hydrogens (primary N) is 2. The summed E-state index contributed by atoms with van der Waals surface area (Å²) in [6.07, 6.45) is 3.93. The van der Waals surface area contributed by atoms with Crippen LogP contribution in [0.25, 0.3) is 0 Å². The minimum Gasteiger partial charge on any atom is -0.397 e. The maximum atomic E-state index is 5.78. The highest BCUT2D eigenvalue weighted by molar-refractivity contribution is 5.69. The third-order valence-corrected chi connectivity index (χ3v) is 3.55. The van der Waals surface area contributed by atoms with Crippen molar-refractivity contribution in [1.29, 1.82) is 0 Å². The Morgan fingerprint density at radius 3 is 2.82 bits per heavy atom. The number of hydrogen-bond donors (Lipinski definition) is 3. The van der Waals surface area contributed by atoms with Gasteiger partial charge in [0.2, 0.25) is 0 Å². The summed E-state index contributed by atoms with van der Waals surface area (Å²) in [5, 5.41) is 3.44. The molecule has 0 saturated carbocycles. The number of nitrogen functional groups attached to an aromatic ring is 2. The molecule has 1 aliphatic rings. The molecule has 0 spiro atoms. The van der Waals surface area contributed by atoms with Gasteiger partial charge in [0.1, 0.15) is 0 Å². The number of nitrogens with one attached hydrogen (secondary N) is 1. The summed E-state index contributed by atoms with van der Waals surface area (Å²) in [4.78, 5) is 2.43. The Balaban J connectivity index is 1.90. The Labute approximate surface area is 103 Å². The molecule has 1 fully saturated rings. The Hall–Kier alpha value is -1.42. The van der Waals surface area contributed by atoms with Crippen LogP contribution < -0.4 is 16.8 Å². The zero-order chi connectivity index (χ0) is 12.3. The normalized spacial score (nSPS) is 21.4. The van der Waals surface area contributed by atoms with Crippen LogP contribution in [0.1, 0.15) is 19.3 Å². The second-order valence-electron chi connectivity index (χ2n) is 4.85. The number of likely N-dealkylation sites (N-methyl/N-ethyl adjacent to an activating group) is 1. The Morgan fingerprint density at radius 1 is 1.29 bits per heavy atom. The average molecular weight is 234 g/mol. The average Bonchev–Trinajstić information content (AvgIpc) is 2.32. The lowest BCUT2D eigenvalue weighted by atomic mass is 10.0. The van der Waals surface area contributed by atoms with Gasteiger partial charge in [-0.05, 0) is 44.6 Å². The molecule has 1 atom stereocenters. The smallest absolute Gasteiger partial charge is 0.0568 e. The SMILES string of the molecule is CN1CCCCC1CNc1ccc(N)c(N)c1. The van der Waals surface area contributed by atoms with Gasteiger partial charge in [-0.15, -0.1) is 0 Å². The van der Waals surface area contributed by atoms with Crippen molar-refractivity contribution in [3.63, 3.8) is 0 Å². The second kappa shape index (κ2) is 5.27. The fourth-order valence-electron chi connectivity index (χ4n) is 2.32. The molecule has 1 aliphatic heterocycles. The molecular formula is C13H22N4. The van der Waals surface area contributed by atoms with Crippen molar-refractivity contribution >= 4 is 17.1 Å². The van der Waals surface area contributed by atoms with E-state index in [2.05, 4.69) is 17.3 Å². The molecule has 17 heavy (non-hydrogen) atoms. The third kappa shape index (κ3) is 3.03. The van der Waals surface area contributed by atoms with Crippen molar-refractivity contribution in [3.05, 3.63) is 18.2 Å². The van der Waals surface area contributed by atoms with Gasteiger partial charge in [-0.2, -0.15) is 0 Å². The summed E-state index contributed by atoms with van der Waals surface area (Å²) < 4.78 is 0. The van der Waals surface area contributed by atoms with Gasteiger partial charge in [-0.3, -0.25) is 0 Å². The zero-order valence-corrected chi connectivity index (χ0v) is 10.4. The van der Waals surface area contributed by atoms with Gasteiger partial charge in [0.15, 0.2) is 0 Å². The number of anilines is 3. The van der Waals surface area contributed by atoms with Crippen molar-refractivity contribution in [2.75, 3.05) is 36.9 Å². The minimum absolute atomic E-state index is 0.627. The van der Waals surface area contributed by atoms with Crippen LogP contribution in [0.15, 0.2) is 18.2 Å². The lowest BCUT2D eigenvalue weighted by molar-refractivity contribution is 0.194. The number of hydrogen-bond acceptors (Lipinski definition) is 4. The van der Waals surface area contributed by atoms with Crippen molar-refractivity contribution in [3.8, 4) is 0 Å². The molecule has 0 radical (unpaired) electrons. The molecule has 1 unspecified atom stereocenters. The fourth-order valence-corrected chi connectivity index (χ4v) is 2.32. The van der Waals surface area contributed by atoms with E-state index < -0.39 is 0 Å². The van der Waals surface area contributed by atoms with E-state index in [1.807, 2.05) is 18.2 Å². The summed E-state index contributed by atoms with van der Waals surface area (Å²) in [7, 11) is 2.20. The lowest BCUT2D eigenvalue weighted by Gasteiger charge is -2.32. The molecule has 1 aromatic carbocycles. The first-order chi connectivity index (χ1) is 8.16. The summed E-state index contributed by atoms with van der Waals surface area (Å²) >= 11 is 0. The summed E-state index contributed by atoms with van der Waals surface area (Å²) in [5.74, 6) is 0. The highest BCUT2D eigenvalue weighted by atomic mass is 15.2. The highest BCUT2D eigenvalue weighted by Gasteiger charge is 2.18. The van der Waals surface area contributed by atoms with Gasteiger partial charge in [0.05, 0.1) is 11.4 Å². The molecule has 1 aromatic rings. The number of rotatable bonds is 3. The molecule has 0 amide bonds. The topological polar surface area (TPSA) is 67.3 Å². The van der Waals surface area contributed by atoms with Crippen LogP contribution in [0, 0.1) is 0 Å². The molecule has 0 aromatic heterocycles. The quantitative estimate of drug-likeness (QED) is 0.697. The van der Waals surface area contributed by atoms with Crippen LogP contribution in [0.2, 0.25) is 0 Å². The maximum Gasteiger partial charge on any atom is 0.0568 e. The molecule has 1 saturated heterocycles. The molecule has 1 heterocycles. The molecular weight excluding hydrogens is 212 g/mol. The van der Waals surface area contributed by atoms with Gasteiger partial charge in [0.25, 0.3) is 0 Å². The van der Waals surface area contributed by atoms with Crippen LogP contribution in [0.5, 0.6) is 0 Å².